The maximum absolute atomic E-state index is 9.56. The van der Waals surface area contributed by atoms with E-state index in [2.05, 4.69) is 13.0 Å². The van der Waals surface area contributed by atoms with E-state index in [9.17, 15) is 5.11 Å². The van der Waals surface area contributed by atoms with E-state index in [1.54, 1.807) is 0 Å². The highest BCUT2D eigenvalue weighted by Gasteiger charge is 2.25. The molecule has 1 aliphatic rings. The standard InChI is InChI=1S/C10H18O2/c1-3-8-5-6-9(11)10(7-8)12-4-2/h3,9-11H,4-7H2,1-2H3/b8-3-. The van der Waals surface area contributed by atoms with Crippen molar-refractivity contribution in [3.8, 4) is 0 Å². The third kappa shape index (κ3) is 2.32. The average molecular weight is 170 g/mol. The van der Waals surface area contributed by atoms with E-state index in [1.807, 2.05) is 6.92 Å². The van der Waals surface area contributed by atoms with Crippen LogP contribution in [0.5, 0.6) is 0 Å². The molecule has 1 saturated carbocycles. The smallest absolute Gasteiger partial charge is 0.0870 e. The summed E-state index contributed by atoms with van der Waals surface area (Å²) in [7, 11) is 0. The number of ether oxygens (including phenoxy) is 1. The van der Waals surface area contributed by atoms with Crippen molar-refractivity contribution in [3.63, 3.8) is 0 Å². The van der Waals surface area contributed by atoms with Crippen molar-refractivity contribution in [3.05, 3.63) is 11.6 Å². The lowest BCUT2D eigenvalue weighted by Crippen LogP contribution is -2.33. The lowest BCUT2D eigenvalue weighted by atomic mass is 9.90. The minimum absolute atomic E-state index is 0.0370. The maximum Gasteiger partial charge on any atom is 0.0870 e. The van der Waals surface area contributed by atoms with Crippen LogP contribution in [0, 0.1) is 0 Å². The second-order valence-electron chi connectivity index (χ2n) is 3.25. The molecule has 1 rings (SSSR count). The molecule has 70 valence electrons. The van der Waals surface area contributed by atoms with E-state index < -0.39 is 0 Å². The average Bonchev–Trinajstić information content (AvgIpc) is 2.09. The molecule has 0 spiro atoms. The van der Waals surface area contributed by atoms with Crippen molar-refractivity contribution in [2.24, 2.45) is 0 Å². The fourth-order valence-corrected chi connectivity index (χ4v) is 1.66. The molecule has 2 heteroatoms. The number of aliphatic hydroxyl groups excluding tert-OH is 1. The summed E-state index contributed by atoms with van der Waals surface area (Å²) < 4.78 is 5.44. The molecule has 1 N–H and O–H groups in total. The molecule has 0 aliphatic heterocycles. The number of hydrogen-bond acceptors (Lipinski definition) is 2. The van der Waals surface area contributed by atoms with E-state index in [0.29, 0.717) is 6.61 Å². The molecule has 0 bridgehead atoms. The Hall–Kier alpha value is -0.340. The van der Waals surface area contributed by atoms with Crippen LogP contribution in [0.4, 0.5) is 0 Å². The molecular weight excluding hydrogens is 152 g/mol. The highest BCUT2D eigenvalue weighted by molar-refractivity contribution is 5.07. The summed E-state index contributed by atoms with van der Waals surface area (Å²) in [5.74, 6) is 0. The van der Waals surface area contributed by atoms with Crippen molar-refractivity contribution in [1.29, 1.82) is 0 Å². The van der Waals surface area contributed by atoms with Crippen LogP contribution in [-0.4, -0.2) is 23.9 Å². The van der Waals surface area contributed by atoms with Gasteiger partial charge in [-0.25, -0.2) is 0 Å². The van der Waals surface area contributed by atoms with E-state index >= 15 is 0 Å². The Morgan fingerprint density at radius 3 is 3.00 bits per heavy atom. The van der Waals surface area contributed by atoms with Gasteiger partial charge in [-0.1, -0.05) is 11.6 Å². The minimum Gasteiger partial charge on any atom is -0.390 e. The van der Waals surface area contributed by atoms with Gasteiger partial charge in [-0.2, -0.15) is 0 Å². The lowest BCUT2D eigenvalue weighted by molar-refractivity contribution is -0.0437. The maximum atomic E-state index is 9.56. The molecule has 0 heterocycles. The van der Waals surface area contributed by atoms with Gasteiger partial charge in [-0.15, -0.1) is 0 Å². The molecule has 0 aromatic rings. The first-order valence-corrected chi connectivity index (χ1v) is 4.71. The number of rotatable bonds is 2. The van der Waals surface area contributed by atoms with Gasteiger partial charge in [0.25, 0.3) is 0 Å². The Morgan fingerprint density at radius 2 is 2.42 bits per heavy atom. The summed E-state index contributed by atoms with van der Waals surface area (Å²) in [6.45, 7) is 4.71. The monoisotopic (exact) mass is 170 g/mol. The Morgan fingerprint density at radius 1 is 1.67 bits per heavy atom. The third-order valence-electron chi connectivity index (χ3n) is 2.44. The summed E-state index contributed by atoms with van der Waals surface area (Å²) >= 11 is 0. The van der Waals surface area contributed by atoms with Gasteiger partial charge in [-0.3, -0.25) is 0 Å². The molecule has 2 nitrogen and oxygen atoms in total. The quantitative estimate of drug-likeness (QED) is 0.641. The molecule has 0 radical (unpaired) electrons. The predicted octanol–water partition coefficient (Wildman–Crippen LogP) is 1.88. The summed E-state index contributed by atoms with van der Waals surface area (Å²) in [6.07, 6.45) is 4.71. The topological polar surface area (TPSA) is 29.5 Å². The summed E-state index contributed by atoms with van der Waals surface area (Å²) in [5, 5.41) is 9.56. The molecule has 1 fully saturated rings. The molecule has 2 atom stereocenters. The van der Waals surface area contributed by atoms with E-state index in [-0.39, 0.29) is 12.2 Å². The van der Waals surface area contributed by atoms with Gasteiger partial charge in [-0.05, 0) is 33.1 Å². The van der Waals surface area contributed by atoms with Crippen molar-refractivity contribution in [2.75, 3.05) is 6.61 Å². The minimum atomic E-state index is -0.256. The Bertz CT molecular complexity index is 163. The molecule has 0 saturated heterocycles. The zero-order chi connectivity index (χ0) is 8.97. The van der Waals surface area contributed by atoms with Crippen LogP contribution < -0.4 is 0 Å². The van der Waals surface area contributed by atoms with Crippen LogP contribution >= 0.6 is 0 Å². The fraction of sp³-hybridized carbons (Fsp3) is 0.800. The second kappa shape index (κ2) is 4.63. The Kier molecular flexibility index (Phi) is 3.76. The van der Waals surface area contributed by atoms with Gasteiger partial charge in [0.05, 0.1) is 12.2 Å². The van der Waals surface area contributed by atoms with Crippen LogP contribution in [0.2, 0.25) is 0 Å². The zero-order valence-corrected chi connectivity index (χ0v) is 7.92. The summed E-state index contributed by atoms with van der Waals surface area (Å²) in [6, 6.07) is 0. The molecule has 2 unspecified atom stereocenters. The summed E-state index contributed by atoms with van der Waals surface area (Å²) in [4.78, 5) is 0. The molecule has 12 heavy (non-hydrogen) atoms. The highest BCUT2D eigenvalue weighted by atomic mass is 16.5. The highest BCUT2D eigenvalue weighted by Crippen LogP contribution is 2.25. The van der Waals surface area contributed by atoms with Crippen LogP contribution in [0.1, 0.15) is 33.1 Å². The Balaban J connectivity index is 2.47. The van der Waals surface area contributed by atoms with Crippen molar-refractivity contribution in [1.82, 2.24) is 0 Å². The first kappa shape index (κ1) is 9.75. The SMILES string of the molecule is C/C=C1/CCC(O)C(OCC)C1. The van der Waals surface area contributed by atoms with E-state index in [0.717, 1.165) is 19.3 Å². The normalized spacial score (nSPS) is 34.1. The van der Waals surface area contributed by atoms with Crippen LogP contribution in [-0.2, 0) is 4.74 Å². The second-order valence-corrected chi connectivity index (χ2v) is 3.25. The molecule has 1 aliphatic carbocycles. The zero-order valence-electron chi connectivity index (χ0n) is 7.92. The molecule has 0 amide bonds. The lowest BCUT2D eigenvalue weighted by Gasteiger charge is -2.29. The van der Waals surface area contributed by atoms with Gasteiger partial charge >= 0.3 is 0 Å². The Labute approximate surface area is 74.2 Å². The van der Waals surface area contributed by atoms with Gasteiger partial charge in [0, 0.05) is 6.61 Å². The van der Waals surface area contributed by atoms with Gasteiger partial charge in [0.2, 0.25) is 0 Å². The first-order valence-electron chi connectivity index (χ1n) is 4.71. The van der Waals surface area contributed by atoms with Gasteiger partial charge in [0.1, 0.15) is 0 Å². The number of aliphatic hydroxyl groups is 1. The molecule has 0 aromatic heterocycles. The third-order valence-corrected chi connectivity index (χ3v) is 2.44. The van der Waals surface area contributed by atoms with E-state index in [1.165, 1.54) is 5.57 Å². The largest absolute Gasteiger partial charge is 0.390 e. The fourth-order valence-electron chi connectivity index (χ4n) is 1.66. The predicted molar refractivity (Wildman–Crippen MR) is 49.0 cm³/mol. The summed E-state index contributed by atoms with van der Waals surface area (Å²) in [5.41, 5.74) is 1.42. The van der Waals surface area contributed by atoms with Gasteiger partial charge < -0.3 is 9.84 Å². The van der Waals surface area contributed by atoms with Crippen molar-refractivity contribution in [2.45, 2.75) is 45.3 Å². The number of hydrogen-bond donors (Lipinski definition) is 1. The van der Waals surface area contributed by atoms with Crippen molar-refractivity contribution < 1.29 is 9.84 Å². The van der Waals surface area contributed by atoms with E-state index in [4.69, 9.17) is 4.74 Å². The van der Waals surface area contributed by atoms with Crippen LogP contribution in [0.3, 0.4) is 0 Å². The number of allylic oxidation sites excluding steroid dienone is 1. The molecule has 0 aromatic carbocycles. The van der Waals surface area contributed by atoms with Gasteiger partial charge in [0.15, 0.2) is 0 Å². The van der Waals surface area contributed by atoms with Crippen LogP contribution in [0.15, 0.2) is 11.6 Å². The van der Waals surface area contributed by atoms with Crippen LogP contribution in [0.25, 0.3) is 0 Å². The van der Waals surface area contributed by atoms with Crippen molar-refractivity contribution >= 4 is 0 Å². The molecular formula is C10H18O2. The first-order chi connectivity index (χ1) is 5.77.